The molecule has 0 amide bonds. The minimum atomic E-state index is -5.48. The molecule has 0 bridgehead atoms. The molecule has 0 aliphatic heterocycles. The van der Waals surface area contributed by atoms with E-state index in [1.54, 1.807) is 6.07 Å². The molecular formula is C10H18NO8P2+. The van der Waals surface area contributed by atoms with Gasteiger partial charge in [0, 0.05) is 6.07 Å². The van der Waals surface area contributed by atoms with Crippen LogP contribution in [0.3, 0.4) is 0 Å². The van der Waals surface area contributed by atoms with Gasteiger partial charge >= 0.3 is 20.3 Å². The van der Waals surface area contributed by atoms with Crippen LogP contribution in [0.1, 0.15) is 13.3 Å². The van der Waals surface area contributed by atoms with Gasteiger partial charge in [-0.3, -0.25) is 9.13 Å². The molecule has 9 nitrogen and oxygen atoms in total. The van der Waals surface area contributed by atoms with Gasteiger partial charge in [-0.05, 0) is 12.5 Å². The maximum atomic E-state index is 11.3. The van der Waals surface area contributed by atoms with Crippen molar-refractivity contribution < 1.29 is 43.1 Å². The Bertz CT molecular complexity index is 558. The average molecular weight is 342 g/mol. The number of aromatic nitrogens is 1. The van der Waals surface area contributed by atoms with E-state index in [4.69, 9.17) is 24.3 Å². The minimum Gasteiger partial charge on any atom is -0.487 e. The van der Waals surface area contributed by atoms with Gasteiger partial charge in [-0.15, -0.1) is 0 Å². The van der Waals surface area contributed by atoms with Crippen molar-refractivity contribution in [1.82, 2.24) is 0 Å². The highest BCUT2D eigenvalue weighted by Gasteiger charge is 2.62. The zero-order chi connectivity index (χ0) is 16.3. The van der Waals surface area contributed by atoms with E-state index >= 15 is 0 Å². The minimum absolute atomic E-state index is 0.345. The van der Waals surface area contributed by atoms with Crippen LogP contribution >= 0.6 is 15.2 Å². The lowest BCUT2D eigenvalue weighted by Crippen LogP contribution is -2.47. The fourth-order valence-corrected chi connectivity index (χ4v) is 3.55. The first-order valence-corrected chi connectivity index (χ1v) is 9.19. The summed E-state index contributed by atoms with van der Waals surface area (Å²) >= 11 is 0. The van der Waals surface area contributed by atoms with Crippen molar-refractivity contribution in [3.8, 4) is 5.75 Å². The van der Waals surface area contributed by atoms with Crippen LogP contribution in [0.25, 0.3) is 0 Å². The Hall–Kier alpha value is -0.790. The highest BCUT2D eigenvalue weighted by molar-refractivity contribution is 7.72. The van der Waals surface area contributed by atoms with Crippen molar-refractivity contribution in [2.24, 2.45) is 0 Å². The van der Waals surface area contributed by atoms with Gasteiger partial charge in [0.2, 0.25) is 12.7 Å². The third-order valence-corrected chi connectivity index (χ3v) is 6.34. The Kier molecular flexibility index (Phi) is 5.69. The molecule has 21 heavy (non-hydrogen) atoms. The molecule has 0 aliphatic carbocycles. The van der Waals surface area contributed by atoms with Gasteiger partial charge in [0.1, 0.15) is 0 Å². The molecule has 0 aliphatic rings. The monoisotopic (exact) mass is 342 g/mol. The van der Waals surface area contributed by atoms with Crippen LogP contribution in [0.5, 0.6) is 5.75 Å². The number of hydrogen-bond donors (Lipinski definition) is 5. The Balaban J connectivity index is 3.12. The SMILES string of the molecule is CCCOc1ccc[n+](CC(O)(P(=O)(O)O)P(=O)(O)O)c1. The van der Waals surface area contributed by atoms with Crippen molar-refractivity contribution in [2.45, 2.75) is 25.0 Å². The third kappa shape index (κ3) is 4.34. The second-order valence-corrected chi connectivity index (χ2v) is 8.43. The number of aliphatic hydroxyl groups is 1. The lowest BCUT2D eigenvalue weighted by molar-refractivity contribution is -0.703. The summed E-state index contributed by atoms with van der Waals surface area (Å²) in [4.78, 5) is 36.3. The molecule has 0 fully saturated rings. The Morgan fingerprint density at radius 1 is 1.24 bits per heavy atom. The van der Waals surface area contributed by atoms with Gasteiger partial charge in [0.05, 0.1) is 6.61 Å². The quantitative estimate of drug-likeness (QED) is 0.337. The number of hydrogen-bond acceptors (Lipinski definition) is 4. The van der Waals surface area contributed by atoms with E-state index in [-0.39, 0.29) is 0 Å². The Morgan fingerprint density at radius 2 is 1.81 bits per heavy atom. The second kappa shape index (κ2) is 6.54. The highest BCUT2D eigenvalue weighted by atomic mass is 31.2. The second-order valence-electron chi connectivity index (χ2n) is 4.42. The molecule has 1 heterocycles. The number of pyridine rings is 1. The zero-order valence-corrected chi connectivity index (χ0v) is 13.0. The molecule has 0 saturated heterocycles. The summed E-state index contributed by atoms with van der Waals surface area (Å²) in [6.07, 6.45) is 3.32. The van der Waals surface area contributed by atoms with Gasteiger partial charge in [0.25, 0.3) is 0 Å². The van der Waals surface area contributed by atoms with Crippen molar-refractivity contribution in [2.75, 3.05) is 6.61 Å². The molecule has 0 unspecified atom stereocenters. The molecule has 120 valence electrons. The molecule has 1 aromatic heterocycles. The fraction of sp³-hybridized carbons (Fsp3) is 0.500. The van der Waals surface area contributed by atoms with Crippen molar-refractivity contribution in [1.29, 1.82) is 0 Å². The first-order chi connectivity index (χ1) is 9.51. The molecule has 1 rings (SSSR count). The largest absolute Gasteiger partial charge is 0.487 e. The van der Waals surface area contributed by atoms with Crippen molar-refractivity contribution >= 4 is 15.2 Å². The lowest BCUT2D eigenvalue weighted by Gasteiger charge is -2.26. The van der Waals surface area contributed by atoms with E-state index < -0.39 is 26.8 Å². The molecule has 0 saturated carbocycles. The van der Waals surface area contributed by atoms with Crippen molar-refractivity contribution in [3.05, 3.63) is 24.5 Å². The van der Waals surface area contributed by atoms with Gasteiger partial charge in [0.15, 0.2) is 11.9 Å². The zero-order valence-electron chi connectivity index (χ0n) is 11.2. The summed E-state index contributed by atoms with van der Waals surface area (Å²) in [6.45, 7) is 1.31. The summed E-state index contributed by atoms with van der Waals surface area (Å²) < 4.78 is 28.9. The molecule has 5 N–H and O–H groups in total. The number of rotatable bonds is 7. The molecule has 0 spiro atoms. The standard InChI is InChI=1S/C10H17NO8P2/c1-2-6-19-9-4-3-5-11(7-9)8-10(12,20(13,14)15)21(16,17)18/h3-5,7,12H,2,6,8H2,1H3,(H3-,13,14,15,16,17,18)/p+1. The maximum Gasteiger partial charge on any atom is 0.376 e. The van der Waals surface area contributed by atoms with E-state index in [1.807, 2.05) is 6.92 Å². The molecule has 0 radical (unpaired) electrons. The smallest absolute Gasteiger partial charge is 0.376 e. The topological polar surface area (TPSA) is 148 Å². The summed E-state index contributed by atoms with van der Waals surface area (Å²) in [7, 11) is -11.0. The van der Waals surface area contributed by atoms with Crippen LogP contribution in [-0.2, 0) is 15.7 Å². The van der Waals surface area contributed by atoms with E-state index in [2.05, 4.69) is 0 Å². The van der Waals surface area contributed by atoms with Crippen LogP contribution in [0, 0.1) is 0 Å². The highest BCUT2D eigenvalue weighted by Crippen LogP contribution is 2.67. The maximum absolute atomic E-state index is 11.3. The normalized spacial score (nSPS) is 13.2. The van der Waals surface area contributed by atoms with E-state index in [9.17, 15) is 14.2 Å². The summed E-state index contributed by atoms with van der Waals surface area (Å²) in [6, 6.07) is 3.03. The molecule has 0 aromatic carbocycles. The van der Waals surface area contributed by atoms with Crippen LogP contribution in [0.2, 0.25) is 0 Å². The molecule has 0 atom stereocenters. The fourth-order valence-electron chi connectivity index (χ4n) is 1.50. The van der Waals surface area contributed by atoms with Gasteiger partial charge in [-0.1, -0.05) is 6.92 Å². The van der Waals surface area contributed by atoms with Gasteiger partial charge in [-0.25, -0.2) is 0 Å². The average Bonchev–Trinajstić information content (AvgIpc) is 2.34. The van der Waals surface area contributed by atoms with E-state index in [1.165, 1.54) is 18.5 Å². The van der Waals surface area contributed by atoms with Crippen LogP contribution in [0.15, 0.2) is 24.5 Å². The predicted octanol–water partition coefficient (Wildman–Crippen LogP) is -0.236. The lowest BCUT2D eigenvalue weighted by atomic mass is 10.4. The van der Waals surface area contributed by atoms with Crippen molar-refractivity contribution in [3.63, 3.8) is 0 Å². The molecule has 1 aromatic rings. The Labute approximate surface area is 121 Å². The van der Waals surface area contributed by atoms with Crippen LogP contribution in [0.4, 0.5) is 0 Å². The van der Waals surface area contributed by atoms with Gasteiger partial charge < -0.3 is 29.4 Å². The summed E-state index contributed by atoms with van der Waals surface area (Å²) in [5.41, 5.74) is 0. The molecule has 11 heteroatoms. The molecular weight excluding hydrogens is 324 g/mol. The van der Waals surface area contributed by atoms with E-state index in [0.29, 0.717) is 12.4 Å². The van der Waals surface area contributed by atoms with E-state index in [0.717, 1.165) is 11.0 Å². The first-order valence-electron chi connectivity index (χ1n) is 5.97. The predicted molar refractivity (Wildman–Crippen MR) is 71.5 cm³/mol. The van der Waals surface area contributed by atoms with Gasteiger partial charge in [-0.2, -0.15) is 4.57 Å². The number of ether oxygens (including phenoxy) is 1. The summed E-state index contributed by atoms with van der Waals surface area (Å²) in [5.74, 6) is 0.345. The third-order valence-electron chi connectivity index (χ3n) is 2.63. The number of nitrogens with zero attached hydrogens (tertiary/aromatic N) is 1. The summed E-state index contributed by atoms with van der Waals surface area (Å²) in [5, 5.41) is 6.32. The Morgan fingerprint density at radius 3 is 2.29 bits per heavy atom. The first kappa shape index (κ1) is 18.3. The van der Waals surface area contributed by atoms with Crippen LogP contribution < -0.4 is 9.30 Å². The van der Waals surface area contributed by atoms with Crippen LogP contribution in [-0.4, -0.2) is 36.4 Å².